The summed E-state index contributed by atoms with van der Waals surface area (Å²) in [4.78, 5) is 26.2. The molecule has 0 aliphatic carbocycles. The number of benzene rings is 2. The van der Waals surface area contributed by atoms with Crippen molar-refractivity contribution in [2.45, 2.75) is 6.92 Å². The molecule has 0 saturated carbocycles. The van der Waals surface area contributed by atoms with Crippen LogP contribution in [0.1, 0.15) is 12.5 Å². The Kier molecular flexibility index (Phi) is 7.36. The van der Waals surface area contributed by atoms with E-state index in [0.29, 0.717) is 38.0 Å². The van der Waals surface area contributed by atoms with Crippen LogP contribution in [0.2, 0.25) is 5.02 Å². The van der Waals surface area contributed by atoms with Gasteiger partial charge in [-0.15, -0.1) is 0 Å². The number of ether oxygens (including phenoxy) is 3. The van der Waals surface area contributed by atoms with Gasteiger partial charge in [0, 0.05) is 0 Å². The summed E-state index contributed by atoms with van der Waals surface area (Å²) < 4.78 is 15.8. The first-order valence-corrected chi connectivity index (χ1v) is 10.5. The van der Waals surface area contributed by atoms with Crippen LogP contribution < -0.4 is 14.4 Å². The second-order valence-electron chi connectivity index (χ2n) is 6.00. The first-order chi connectivity index (χ1) is 14.4. The highest BCUT2D eigenvalue weighted by atomic mass is 35.5. The number of carbonyl (C=O) groups is 2. The van der Waals surface area contributed by atoms with Crippen LogP contribution in [0.4, 0.5) is 5.69 Å². The smallest absolute Gasteiger partial charge is 0.344 e. The molecule has 0 aromatic heterocycles. The van der Waals surface area contributed by atoms with Crippen LogP contribution in [0.25, 0.3) is 6.08 Å². The van der Waals surface area contributed by atoms with Crippen molar-refractivity contribution in [2.24, 2.45) is 0 Å². The molecule has 1 aliphatic rings. The third kappa shape index (κ3) is 5.13. The van der Waals surface area contributed by atoms with Gasteiger partial charge in [-0.3, -0.25) is 9.69 Å². The zero-order valence-corrected chi connectivity index (χ0v) is 18.6. The van der Waals surface area contributed by atoms with E-state index in [1.807, 2.05) is 0 Å². The number of rotatable bonds is 7. The Labute approximate surface area is 188 Å². The van der Waals surface area contributed by atoms with E-state index in [1.165, 1.54) is 23.8 Å². The maximum atomic E-state index is 12.9. The normalized spacial score (nSPS) is 14.9. The van der Waals surface area contributed by atoms with Crippen LogP contribution in [0.3, 0.4) is 0 Å². The summed E-state index contributed by atoms with van der Waals surface area (Å²) in [6.45, 7) is 1.89. The van der Waals surface area contributed by atoms with Crippen molar-refractivity contribution < 1.29 is 23.8 Å². The molecule has 0 N–H and O–H groups in total. The van der Waals surface area contributed by atoms with Crippen molar-refractivity contribution in [1.82, 2.24) is 0 Å². The Morgan fingerprint density at radius 3 is 2.60 bits per heavy atom. The molecule has 9 heteroatoms. The maximum absolute atomic E-state index is 12.9. The average molecular weight is 464 g/mol. The highest BCUT2D eigenvalue weighted by Crippen LogP contribution is 2.38. The van der Waals surface area contributed by atoms with Crippen LogP contribution >= 0.6 is 35.6 Å². The third-order valence-corrected chi connectivity index (χ3v) is 5.62. The SMILES string of the molecule is CCOC(=O)COc1ccc(/C=C2\SC(=S)N(c3ccc(OC)c(Cl)c3)C2=O)cc1. The number of amides is 1. The van der Waals surface area contributed by atoms with Gasteiger partial charge in [-0.25, -0.2) is 4.79 Å². The lowest BCUT2D eigenvalue weighted by molar-refractivity contribution is -0.145. The van der Waals surface area contributed by atoms with Crippen LogP contribution in [0.5, 0.6) is 11.5 Å². The Morgan fingerprint density at radius 1 is 1.23 bits per heavy atom. The molecular weight excluding hydrogens is 446 g/mol. The molecule has 1 aliphatic heterocycles. The Bertz CT molecular complexity index is 1010. The molecule has 0 spiro atoms. The van der Waals surface area contributed by atoms with Crippen molar-refractivity contribution in [1.29, 1.82) is 0 Å². The predicted octanol–water partition coefficient (Wildman–Crippen LogP) is 4.70. The Balaban J connectivity index is 1.72. The van der Waals surface area contributed by atoms with Gasteiger partial charge in [-0.2, -0.15) is 0 Å². The van der Waals surface area contributed by atoms with Crippen molar-refractivity contribution >= 4 is 63.5 Å². The number of thioether (sulfide) groups is 1. The lowest BCUT2D eigenvalue weighted by Gasteiger charge is -2.15. The molecule has 156 valence electrons. The molecule has 6 nitrogen and oxygen atoms in total. The number of methoxy groups -OCH3 is 1. The zero-order valence-electron chi connectivity index (χ0n) is 16.2. The molecule has 0 bridgehead atoms. The summed E-state index contributed by atoms with van der Waals surface area (Å²) in [6.07, 6.45) is 1.75. The summed E-state index contributed by atoms with van der Waals surface area (Å²) in [7, 11) is 1.52. The van der Waals surface area contributed by atoms with E-state index >= 15 is 0 Å². The summed E-state index contributed by atoms with van der Waals surface area (Å²) in [5, 5.41) is 0.395. The summed E-state index contributed by atoms with van der Waals surface area (Å²) in [6, 6.07) is 12.1. The molecule has 0 unspecified atom stereocenters. The van der Waals surface area contributed by atoms with Gasteiger partial charge in [0.1, 0.15) is 11.5 Å². The Hall–Kier alpha value is -2.55. The lowest BCUT2D eigenvalue weighted by atomic mass is 10.2. The monoisotopic (exact) mass is 463 g/mol. The van der Waals surface area contributed by atoms with E-state index in [1.54, 1.807) is 55.5 Å². The molecule has 1 saturated heterocycles. The van der Waals surface area contributed by atoms with Gasteiger partial charge in [-0.1, -0.05) is 47.7 Å². The Morgan fingerprint density at radius 2 is 1.97 bits per heavy atom. The second-order valence-corrected chi connectivity index (χ2v) is 8.08. The number of hydrogen-bond donors (Lipinski definition) is 0. The van der Waals surface area contributed by atoms with Crippen LogP contribution in [0, 0.1) is 0 Å². The molecule has 30 heavy (non-hydrogen) atoms. The topological polar surface area (TPSA) is 65.1 Å². The molecule has 0 atom stereocenters. The van der Waals surface area contributed by atoms with Gasteiger partial charge >= 0.3 is 5.97 Å². The van der Waals surface area contributed by atoms with E-state index in [4.69, 9.17) is 38.0 Å². The fraction of sp³-hybridized carbons (Fsp3) is 0.190. The number of nitrogens with zero attached hydrogens (tertiary/aromatic N) is 1. The van der Waals surface area contributed by atoms with E-state index in [2.05, 4.69) is 0 Å². The number of hydrogen-bond acceptors (Lipinski definition) is 7. The fourth-order valence-electron chi connectivity index (χ4n) is 2.64. The van der Waals surface area contributed by atoms with Gasteiger partial charge in [0.05, 0.1) is 29.3 Å². The highest BCUT2D eigenvalue weighted by Gasteiger charge is 2.33. The number of esters is 1. The van der Waals surface area contributed by atoms with Crippen LogP contribution in [0.15, 0.2) is 47.4 Å². The van der Waals surface area contributed by atoms with Gasteiger partial charge in [0.2, 0.25) is 0 Å². The molecular formula is C21H18ClNO5S2. The second kappa shape index (κ2) is 9.97. The minimum absolute atomic E-state index is 0.156. The fourth-order valence-corrected chi connectivity index (χ4v) is 4.19. The molecule has 1 fully saturated rings. The van der Waals surface area contributed by atoms with Crippen molar-refractivity contribution in [3.63, 3.8) is 0 Å². The molecule has 2 aromatic carbocycles. The van der Waals surface area contributed by atoms with Gasteiger partial charge in [0.15, 0.2) is 10.9 Å². The van der Waals surface area contributed by atoms with E-state index in [-0.39, 0.29) is 12.5 Å². The molecule has 1 amide bonds. The van der Waals surface area contributed by atoms with Gasteiger partial charge < -0.3 is 14.2 Å². The largest absolute Gasteiger partial charge is 0.495 e. The van der Waals surface area contributed by atoms with Gasteiger partial charge in [-0.05, 0) is 48.9 Å². The van der Waals surface area contributed by atoms with Crippen LogP contribution in [-0.4, -0.2) is 36.5 Å². The molecule has 1 heterocycles. The van der Waals surface area contributed by atoms with Gasteiger partial charge in [0.25, 0.3) is 5.91 Å². The summed E-state index contributed by atoms with van der Waals surface area (Å²) in [5.74, 6) is 0.394. The molecule has 2 aromatic rings. The van der Waals surface area contributed by atoms with E-state index in [0.717, 1.165) is 5.56 Å². The summed E-state index contributed by atoms with van der Waals surface area (Å²) >= 11 is 12.8. The quantitative estimate of drug-likeness (QED) is 0.335. The van der Waals surface area contributed by atoms with Crippen molar-refractivity contribution in [3.05, 3.63) is 58.0 Å². The molecule has 0 radical (unpaired) electrons. The standard InChI is InChI=1S/C21H18ClNO5S2/c1-3-27-19(24)12-28-15-7-4-13(5-8-15)10-18-20(25)23(21(29)30-18)14-6-9-17(26-2)16(22)11-14/h4-11H,3,12H2,1-2H3/b18-10-. The third-order valence-electron chi connectivity index (χ3n) is 4.03. The highest BCUT2D eigenvalue weighted by molar-refractivity contribution is 8.27. The van der Waals surface area contributed by atoms with E-state index in [9.17, 15) is 9.59 Å². The summed E-state index contributed by atoms with van der Waals surface area (Å²) in [5.41, 5.74) is 1.38. The van der Waals surface area contributed by atoms with E-state index < -0.39 is 5.97 Å². The number of carbonyl (C=O) groups excluding carboxylic acids is 2. The predicted molar refractivity (Wildman–Crippen MR) is 122 cm³/mol. The lowest BCUT2D eigenvalue weighted by Crippen LogP contribution is -2.27. The maximum Gasteiger partial charge on any atom is 0.344 e. The van der Waals surface area contributed by atoms with Crippen molar-refractivity contribution in [2.75, 3.05) is 25.2 Å². The first kappa shape index (κ1) is 22.1. The van der Waals surface area contributed by atoms with Crippen molar-refractivity contribution in [3.8, 4) is 11.5 Å². The first-order valence-electron chi connectivity index (χ1n) is 8.93. The zero-order chi connectivity index (χ0) is 21.7. The number of anilines is 1. The number of halogens is 1. The number of thiocarbonyl (C=S) groups is 1. The minimum atomic E-state index is -0.427. The van der Waals surface area contributed by atoms with Crippen LogP contribution in [-0.2, 0) is 14.3 Å². The minimum Gasteiger partial charge on any atom is -0.495 e. The molecule has 3 rings (SSSR count). The average Bonchev–Trinajstić information content (AvgIpc) is 3.00.